The highest BCUT2D eigenvalue weighted by Crippen LogP contribution is 2.40. The SMILES string of the molecule is CC1(C)Oc2ccc(C#N)cc2[C@@H](NC(=O)[C@@H]2C[C@@H](O)CN2)[C@@H]1O. The van der Waals surface area contributed by atoms with Gasteiger partial charge in [0.05, 0.1) is 29.8 Å². The number of carbonyl (C=O) groups is 1. The molecule has 0 aliphatic carbocycles. The first-order valence-corrected chi connectivity index (χ1v) is 7.95. The molecule has 7 nitrogen and oxygen atoms in total. The lowest BCUT2D eigenvalue weighted by Crippen LogP contribution is -2.55. The second-order valence-electron chi connectivity index (χ2n) is 6.85. The molecule has 0 bridgehead atoms. The Morgan fingerprint density at radius 2 is 2.21 bits per heavy atom. The molecule has 128 valence electrons. The molecule has 1 aromatic carbocycles. The van der Waals surface area contributed by atoms with E-state index in [1.807, 2.05) is 0 Å². The number of hydrogen-bond donors (Lipinski definition) is 4. The minimum Gasteiger partial charge on any atom is -0.485 e. The molecule has 2 aliphatic rings. The number of aliphatic hydroxyl groups excluding tert-OH is 2. The highest BCUT2D eigenvalue weighted by atomic mass is 16.5. The third kappa shape index (κ3) is 2.96. The molecule has 1 amide bonds. The number of benzene rings is 1. The topological polar surface area (TPSA) is 115 Å². The van der Waals surface area contributed by atoms with Gasteiger partial charge < -0.3 is 25.6 Å². The zero-order chi connectivity index (χ0) is 17.5. The molecule has 0 aromatic heterocycles. The van der Waals surface area contributed by atoms with Crippen LogP contribution in [0.2, 0.25) is 0 Å². The minimum absolute atomic E-state index is 0.290. The van der Waals surface area contributed by atoms with Crippen molar-refractivity contribution in [3.8, 4) is 11.8 Å². The van der Waals surface area contributed by atoms with Crippen LogP contribution in [0.25, 0.3) is 0 Å². The zero-order valence-electron chi connectivity index (χ0n) is 13.6. The largest absolute Gasteiger partial charge is 0.485 e. The van der Waals surface area contributed by atoms with Crippen LogP contribution in [0.3, 0.4) is 0 Å². The van der Waals surface area contributed by atoms with Gasteiger partial charge in [-0.25, -0.2) is 0 Å². The maximum absolute atomic E-state index is 12.5. The number of β-amino-alcohol motifs (C(OH)–C–C–N with tert-alkyl or cyclic N) is 1. The van der Waals surface area contributed by atoms with Crippen LogP contribution in [0.5, 0.6) is 5.75 Å². The first-order chi connectivity index (χ1) is 11.3. The van der Waals surface area contributed by atoms with Gasteiger partial charge in [-0.05, 0) is 38.5 Å². The predicted octanol–water partition coefficient (Wildman–Crippen LogP) is -0.0297. The summed E-state index contributed by atoms with van der Waals surface area (Å²) in [6.45, 7) is 3.86. The molecule has 3 rings (SSSR count). The van der Waals surface area contributed by atoms with Crippen LogP contribution < -0.4 is 15.4 Å². The van der Waals surface area contributed by atoms with Gasteiger partial charge in [-0.1, -0.05) is 0 Å². The van der Waals surface area contributed by atoms with E-state index in [-0.39, 0.29) is 5.91 Å². The first kappa shape index (κ1) is 16.7. The van der Waals surface area contributed by atoms with Gasteiger partial charge >= 0.3 is 0 Å². The summed E-state index contributed by atoms with van der Waals surface area (Å²) < 4.78 is 5.82. The van der Waals surface area contributed by atoms with Crippen LogP contribution >= 0.6 is 0 Å². The van der Waals surface area contributed by atoms with Gasteiger partial charge in [0.1, 0.15) is 17.5 Å². The lowest BCUT2D eigenvalue weighted by molar-refractivity contribution is -0.127. The van der Waals surface area contributed by atoms with Gasteiger partial charge in [-0.2, -0.15) is 5.26 Å². The average molecular weight is 331 g/mol. The fourth-order valence-corrected chi connectivity index (χ4v) is 3.20. The monoisotopic (exact) mass is 331 g/mol. The van der Waals surface area contributed by atoms with Crippen molar-refractivity contribution in [1.82, 2.24) is 10.6 Å². The molecular weight excluding hydrogens is 310 g/mol. The smallest absolute Gasteiger partial charge is 0.237 e. The molecule has 0 spiro atoms. The fraction of sp³-hybridized carbons (Fsp3) is 0.529. The Morgan fingerprint density at radius 1 is 1.46 bits per heavy atom. The number of ether oxygens (including phenoxy) is 1. The van der Waals surface area contributed by atoms with Crippen molar-refractivity contribution in [3.63, 3.8) is 0 Å². The van der Waals surface area contributed by atoms with E-state index >= 15 is 0 Å². The lowest BCUT2D eigenvalue weighted by Gasteiger charge is -2.42. The second-order valence-corrected chi connectivity index (χ2v) is 6.85. The van der Waals surface area contributed by atoms with Crippen LogP contribution in [0, 0.1) is 11.3 Å². The van der Waals surface area contributed by atoms with E-state index in [9.17, 15) is 15.0 Å². The summed E-state index contributed by atoms with van der Waals surface area (Å²) >= 11 is 0. The maximum atomic E-state index is 12.5. The highest BCUT2D eigenvalue weighted by molar-refractivity contribution is 5.82. The standard InChI is InChI=1S/C17H21N3O4/c1-17(2)15(22)14(20-16(23)12-6-10(21)8-19-12)11-5-9(7-18)3-4-13(11)24-17/h3-5,10,12,14-15,19,21-22H,6,8H2,1-2H3,(H,20,23)/t10-,12+,14-,15+/m1/s1. The Kier molecular flexibility index (Phi) is 4.22. The van der Waals surface area contributed by atoms with E-state index < -0.39 is 29.9 Å². The first-order valence-electron chi connectivity index (χ1n) is 7.95. The Balaban J connectivity index is 1.90. The van der Waals surface area contributed by atoms with Crippen LogP contribution in [0.15, 0.2) is 18.2 Å². The Hall–Kier alpha value is -2.14. The van der Waals surface area contributed by atoms with Crippen molar-refractivity contribution >= 4 is 5.91 Å². The fourth-order valence-electron chi connectivity index (χ4n) is 3.20. The summed E-state index contributed by atoms with van der Waals surface area (Å²) in [5.41, 5.74) is 0.118. The molecule has 0 unspecified atom stereocenters. The van der Waals surface area contributed by atoms with Crippen molar-refractivity contribution in [2.45, 2.75) is 50.2 Å². The van der Waals surface area contributed by atoms with Crippen LogP contribution in [-0.4, -0.2) is 46.5 Å². The van der Waals surface area contributed by atoms with Crippen LogP contribution in [0.1, 0.15) is 37.4 Å². The van der Waals surface area contributed by atoms with Crippen molar-refractivity contribution in [2.75, 3.05) is 6.54 Å². The summed E-state index contributed by atoms with van der Waals surface area (Å²) in [6.07, 6.45) is -1.19. The average Bonchev–Trinajstić information content (AvgIpc) is 2.97. The van der Waals surface area contributed by atoms with Crippen molar-refractivity contribution in [1.29, 1.82) is 5.26 Å². The van der Waals surface area contributed by atoms with Crippen molar-refractivity contribution in [3.05, 3.63) is 29.3 Å². The van der Waals surface area contributed by atoms with Crippen molar-refractivity contribution < 1.29 is 19.7 Å². The van der Waals surface area contributed by atoms with E-state index in [0.29, 0.717) is 29.8 Å². The summed E-state index contributed by atoms with van der Waals surface area (Å²) in [5.74, 6) is 0.246. The van der Waals surface area contributed by atoms with E-state index in [2.05, 4.69) is 16.7 Å². The number of fused-ring (bicyclic) bond motifs is 1. The number of nitrogens with one attached hydrogen (secondary N) is 2. The van der Waals surface area contributed by atoms with Gasteiger partial charge in [0, 0.05) is 12.1 Å². The van der Waals surface area contributed by atoms with Crippen LogP contribution in [0.4, 0.5) is 0 Å². The molecule has 0 saturated carbocycles. The highest BCUT2D eigenvalue weighted by Gasteiger charge is 2.44. The summed E-state index contributed by atoms with van der Waals surface area (Å²) in [6, 6.07) is 5.80. The minimum atomic E-state index is -0.978. The molecule has 1 saturated heterocycles. The van der Waals surface area contributed by atoms with Crippen LogP contribution in [-0.2, 0) is 4.79 Å². The van der Waals surface area contributed by atoms with E-state index in [1.165, 1.54) is 0 Å². The Labute approximate surface area is 140 Å². The Morgan fingerprint density at radius 3 is 2.83 bits per heavy atom. The van der Waals surface area contributed by atoms with E-state index in [1.54, 1.807) is 32.0 Å². The molecular formula is C17H21N3O4. The number of carbonyl (C=O) groups excluding carboxylic acids is 1. The maximum Gasteiger partial charge on any atom is 0.237 e. The number of amides is 1. The van der Waals surface area contributed by atoms with Gasteiger partial charge in [0.25, 0.3) is 0 Å². The molecule has 0 radical (unpaired) electrons. The Bertz CT molecular complexity index is 698. The third-order valence-electron chi connectivity index (χ3n) is 4.60. The third-order valence-corrected chi connectivity index (χ3v) is 4.60. The van der Waals surface area contributed by atoms with Gasteiger partial charge in [0.2, 0.25) is 5.91 Å². The molecule has 4 N–H and O–H groups in total. The number of nitrogens with zero attached hydrogens (tertiary/aromatic N) is 1. The second kappa shape index (κ2) is 6.06. The predicted molar refractivity (Wildman–Crippen MR) is 85.2 cm³/mol. The molecule has 7 heteroatoms. The van der Waals surface area contributed by atoms with E-state index in [4.69, 9.17) is 10.00 Å². The number of nitriles is 1. The molecule has 4 atom stereocenters. The molecule has 2 heterocycles. The van der Waals surface area contributed by atoms with E-state index in [0.717, 1.165) is 0 Å². The van der Waals surface area contributed by atoms with Crippen molar-refractivity contribution in [2.24, 2.45) is 0 Å². The molecule has 1 aromatic rings. The zero-order valence-corrected chi connectivity index (χ0v) is 13.6. The summed E-state index contributed by atoms with van der Waals surface area (Å²) in [7, 11) is 0. The quantitative estimate of drug-likeness (QED) is 0.605. The summed E-state index contributed by atoms with van der Waals surface area (Å²) in [4.78, 5) is 12.5. The number of hydrogen-bond acceptors (Lipinski definition) is 6. The number of rotatable bonds is 2. The molecule has 24 heavy (non-hydrogen) atoms. The molecule has 1 fully saturated rings. The van der Waals surface area contributed by atoms with Gasteiger partial charge in [-0.15, -0.1) is 0 Å². The van der Waals surface area contributed by atoms with Gasteiger partial charge in [-0.3, -0.25) is 4.79 Å². The normalized spacial score (nSPS) is 30.8. The lowest BCUT2D eigenvalue weighted by atomic mass is 9.85. The number of aliphatic hydroxyl groups is 2. The van der Waals surface area contributed by atoms with Gasteiger partial charge in [0.15, 0.2) is 0 Å². The summed E-state index contributed by atoms with van der Waals surface area (Å²) in [5, 5.41) is 35.1. The molecule has 2 aliphatic heterocycles.